The van der Waals surface area contributed by atoms with Crippen LogP contribution in [0.5, 0.6) is 0 Å². The Hall–Kier alpha value is -2.55. The molecule has 0 heterocycles. The Bertz CT molecular complexity index is 975. The number of benzene rings is 3. The average Bonchev–Trinajstić information content (AvgIpc) is 2.83. The lowest BCUT2D eigenvalue weighted by atomic mass is 9.80. The Morgan fingerprint density at radius 1 is 0.750 bits per heavy atom. The van der Waals surface area contributed by atoms with Gasteiger partial charge in [-0.25, -0.2) is 8.42 Å². The molecule has 3 rings (SSSR count). The molecule has 3 aromatic rings. The van der Waals surface area contributed by atoms with Gasteiger partial charge in [0.15, 0.2) is 0 Å². The molecule has 0 spiro atoms. The van der Waals surface area contributed by atoms with Crippen molar-refractivity contribution in [2.45, 2.75) is 10.7 Å². The van der Waals surface area contributed by atoms with E-state index in [0.717, 1.165) is 23.8 Å². The SMILES string of the molecule is COCC(O)(OC)S(=O)(=O)CCOC(c1ccccc1)(c1ccccc1)c1ccccc1. The maximum atomic E-state index is 12.8. The first-order chi connectivity index (χ1) is 15.4. The summed E-state index contributed by atoms with van der Waals surface area (Å²) in [5, 5.41) is 7.99. The van der Waals surface area contributed by atoms with Gasteiger partial charge in [-0.1, -0.05) is 91.0 Å². The second kappa shape index (κ2) is 10.4. The van der Waals surface area contributed by atoms with Crippen LogP contribution in [0.25, 0.3) is 0 Å². The van der Waals surface area contributed by atoms with E-state index in [1.54, 1.807) is 0 Å². The van der Waals surface area contributed by atoms with Crippen LogP contribution in [0.15, 0.2) is 91.0 Å². The second-order valence-electron chi connectivity index (χ2n) is 7.30. The summed E-state index contributed by atoms with van der Waals surface area (Å²) in [5.41, 5.74) is 1.52. The smallest absolute Gasteiger partial charge is 0.295 e. The van der Waals surface area contributed by atoms with Crippen molar-refractivity contribution < 1.29 is 27.7 Å². The zero-order chi connectivity index (χ0) is 23.1. The molecule has 170 valence electrons. The Labute approximate surface area is 189 Å². The van der Waals surface area contributed by atoms with Crippen molar-refractivity contribution in [2.24, 2.45) is 0 Å². The molecule has 32 heavy (non-hydrogen) atoms. The van der Waals surface area contributed by atoms with Gasteiger partial charge in [0.05, 0.1) is 12.4 Å². The summed E-state index contributed by atoms with van der Waals surface area (Å²) in [4.78, 5) is 0. The molecule has 0 fully saturated rings. The van der Waals surface area contributed by atoms with Gasteiger partial charge in [0.25, 0.3) is 5.12 Å². The molecule has 7 heteroatoms. The highest BCUT2D eigenvalue weighted by Crippen LogP contribution is 2.40. The van der Waals surface area contributed by atoms with Crippen molar-refractivity contribution in [2.75, 3.05) is 33.2 Å². The molecule has 0 aliphatic heterocycles. The summed E-state index contributed by atoms with van der Waals surface area (Å²) >= 11 is 0. The lowest BCUT2D eigenvalue weighted by molar-refractivity contribution is -0.149. The van der Waals surface area contributed by atoms with Crippen LogP contribution in [0.1, 0.15) is 16.7 Å². The first kappa shape index (κ1) is 24.1. The molecule has 0 saturated carbocycles. The molecule has 6 nitrogen and oxygen atoms in total. The minimum Gasteiger partial charge on any atom is -0.378 e. The Morgan fingerprint density at radius 3 is 1.50 bits per heavy atom. The zero-order valence-electron chi connectivity index (χ0n) is 18.2. The number of ether oxygens (including phenoxy) is 3. The Kier molecular flexibility index (Phi) is 7.82. The molecule has 0 bridgehead atoms. The van der Waals surface area contributed by atoms with Crippen LogP contribution in [0.4, 0.5) is 0 Å². The summed E-state index contributed by atoms with van der Waals surface area (Å²) < 4.78 is 41.8. The summed E-state index contributed by atoms with van der Waals surface area (Å²) in [6, 6.07) is 28.9. The molecule has 1 atom stereocenters. The molecule has 1 unspecified atom stereocenters. The molecule has 0 saturated heterocycles. The quantitative estimate of drug-likeness (QED) is 0.352. The number of hydrogen-bond acceptors (Lipinski definition) is 6. The fourth-order valence-corrected chi connectivity index (χ4v) is 4.86. The van der Waals surface area contributed by atoms with E-state index < -0.39 is 32.9 Å². The summed E-state index contributed by atoms with van der Waals surface area (Å²) in [5.74, 6) is -0.463. The largest absolute Gasteiger partial charge is 0.378 e. The fraction of sp³-hybridized carbons (Fsp3) is 0.280. The highest BCUT2D eigenvalue weighted by molar-refractivity contribution is 7.92. The maximum Gasteiger partial charge on any atom is 0.295 e. The molecule has 0 radical (unpaired) electrons. The molecular weight excluding hydrogens is 428 g/mol. The van der Waals surface area contributed by atoms with Crippen LogP contribution >= 0.6 is 0 Å². The van der Waals surface area contributed by atoms with E-state index in [-0.39, 0.29) is 6.61 Å². The zero-order valence-corrected chi connectivity index (χ0v) is 19.0. The molecular formula is C25H28O6S. The van der Waals surface area contributed by atoms with Crippen molar-refractivity contribution in [3.63, 3.8) is 0 Å². The highest BCUT2D eigenvalue weighted by Gasteiger charge is 2.44. The van der Waals surface area contributed by atoms with Gasteiger partial charge in [-0.2, -0.15) is 0 Å². The third kappa shape index (κ3) is 4.77. The van der Waals surface area contributed by atoms with Crippen molar-refractivity contribution in [3.05, 3.63) is 108 Å². The van der Waals surface area contributed by atoms with Gasteiger partial charge in [-0.15, -0.1) is 0 Å². The maximum absolute atomic E-state index is 12.8. The minimum absolute atomic E-state index is 0.184. The topological polar surface area (TPSA) is 82.1 Å². The fourth-order valence-electron chi connectivity index (χ4n) is 3.69. The molecule has 1 N–H and O–H groups in total. The van der Waals surface area contributed by atoms with Crippen LogP contribution < -0.4 is 0 Å². The number of sulfone groups is 1. The van der Waals surface area contributed by atoms with Gasteiger partial charge in [-0.3, -0.25) is 0 Å². The van der Waals surface area contributed by atoms with Crippen LogP contribution in [0, 0.1) is 0 Å². The van der Waals surface area contributed by atoms with E-state index in [1.165, 1.54) is 7.11 Å². The summed E-state index contributed by atoms with van der Waals surface area (Å²) in [6.07, 6.45) is 0. The normalized spacial score (nSPS) is 14.1. The van der Waals surface area contributed by atoms with E-state index in [9.17, 15) is 13.5 Å². The predicted molar refractivity (Wildman–Crippen MR) is 123 cm³/mol. The van der Waals surface area contributed by atoms with Crippen molar-refractivity contribution in [1.29, 1.82) is 0 Å². The monoisotopic (exact) mass is 456 g/mol. The molecule has 0 aromatic heterocycles. The van der Waals surface area contributed by atoms with Crippen LogP contribution in [0.3, 0.4) is 0 Å². The van der Waals surface area contributed by atoms with Crippen LogP contribution in [-0.2, 0) is 29.6 Å². The van der Waals surface area contributed by atoms with Gasteiger partial charge in [0, 0.05) is 14.2 Å². The predicted octanol–water partition coefficient (Wildman–Crippen LogP) is 3.35. The van der Waals surface area contributed by atoms with E-state index in [1.807, 2.05) is 91.0 Å². The Morgan fingerprint density at radius 2 is 1.16 bits per heavy atom. The van der Waals surface area contributed by atoms with E-state index in [2.05, 4.69) is 0 Å². The third-order valence-electron chi connectivity index (χ3n) is 5.34. The number of aliphatic hydroxyl groups is 1. The average molecular weight is 457 g/mol. The Balaban J connectivity index is 2.04. The standard InChI is InChI=1S/C25H28O6S/c1-29-20-24(26,30-2)32(27,28)19-18-31-25(21-12-6-3-7-13-21,22-14-8-4-9-15-22)23-16-10-5-11-17-23/h3-17,26H,18-20H2,1-2H3. The number of rotatable bonds is 11. The van der Waals surface area contributed by atoms with Crippen molar-refractivity contribution >= 4 is 9.84 Å². The van der Waals surface area contributed by atoms with E-state index in [4.69, 9.17) is 14.2 Å². The van der Waals surface area contributed by atoms with Crippen molar-refractivity contribution in [1.82, 2.24) is 0 Å². The number of hydrogen-bond donors (Lipinski definition) is 1. The van der Waals surface area contributed by atoms with Crippen molar-refractivity contribution in [3.8, 4) is 0 Å². The third-order valence-corrected chi connectivity index (χ3v) is 7.30. The van der Waals surface area contributed by atoms with Gasteiger partial charge in [-0.05, 0) is 16.7 Å². The van der Waals surface area contributed by atoms with Gasteiger partial charge in [0.1, 0.15) is 12.2 Å². The molecule has 3 aromatic carbocycles. The molecule has 0 amide bonds. The number of methoxy groups -OCH3 is 2. The van der Waals surface area contributed by atoms with Gasteiger partial charge in [0.2, 0.25) is 9.84 Å². The molecule has 0 aliphatic carbocycles. The van der Waals surface area contributed by atoms with Gasteiger partial charge < -0.3 is 19.3 Å². The molecule has 0 aliphatic rings. The second-order valence-corrected chi connectivity index (χ2v) is 9.57. The minimum atomic E-state index is -4.12. The first-order valence-corrected chi connectivity index (χ1v) is 11.8. The lowest BCUT2D eigenvalue weighted by Crippen LogP contribution is -2.47. The summed E-state index contributed by atoms with van der Waals surface area (Å²) in [6.45, 7) is -0.691. The van der Waals surface area contributed by atoms with Crippen LogP contribution in [-0.4, -0.2) is 51.8 Å². The van der Waals surface area contributed by atoms with Crippen LogP contribution in [0.2, 0.25) is 0 Å². The first-order valence-electron chi connectivity index (χ1n) is 10.2. The van der Waals surface area contributed by atoms with Gasteiger partial charge >= 0.3 is 0 Å². The van der Waals surface area contributed by atoms with E-state index in [0.29, 0.717) is 0 Å². The highest BCUT2D eigenvalue weighted by atomic mass is 32.2. The summed E-state index contributed by atoms with van der Waals surface area (Å²) in [7, 11) is -1.70. The lowest BCUT2D eigenvalue weighted by Gasteiger charge is -2.36. The van der Waals surface area contributed by atoms with E-state index >= 15 is 0 Å².